The van der Waals surface area contributed by atoms with E-state index in [1.165, 1.54) is 0 Å². The molecule has 1 amide bonds. The number of carbonyl (C=O) groups excluding carboxylic acids is 1. The maximum Gasteiger partial charge on any atom is 0.409 e. The number of ether oxygens (including phenoxy) is 1. The molecule has 0 heterocycles. The van der Waals surface area contributed by atoms with Crippen molar-refractivity contribution in [3.63, 3.8) is 0 Å². The SMILES string of the molecule is CCOC(=O)NC(O)CC(Cl)(Cl)C(O)(Cl)Cl. The Kier molecular flexibility index (Phi) is 6.47. The van der Waals surface area contributed by atoms with E-state index in [0.29, 0.717) is 0 Å². The minimum Gasteiger partial charge on any atom is -0.450 e. The van der Waals surface area contributed by atoms with Gasteiger partial charge in [0.25, 0.3) is 0 Å². The van der Waals surface area contributed by atoms with Crippen LogP contribution in [0.15, 0.2) is 0 Å². The van der Waals surface area contributed by atoms with Crippen LogP contribution in [-0.2, 0) is 4.74 Å². The summed E-state index contributed by atoms with van der Waals surface area (Å²) in [6, 6.07) is 0. The highest BCUT2D eigenvalue weighted by molar-refractivity contribution is 6.61. The topological polar surface area (TPSA) is 78.8 Å². The number of carbonyl (C=O) groups is 1. The lowest BCUT2D eigenvalue weighted by Crippen LogP contribution is -2.45. The van der Waals surface area contributed by atoms with Crippen molar-refractivity contribution in [2.24, 2.45) is 0 Å². The lowest BCUT2D eigenvalue weighted by Gasteiger charge is -2.29. The lowest BCUT2D eigenvalue weighted by molar-refractivity contribution is 0.0811. The van der Waals surface area contributed by atoms with Crippen LogP contribution >= 0.6 is 46.4 Å². The molecule has 0 aromatic rings. The molecule has 1 atom stereocenters. The van der Waals surface area contributed by atoms with E-state index in [2.05, 4.69) is 4.74 Å². The number of hydrogen-bond acceptors (Lipinski definition) is 4. The van der Waals surface area contributed by atoms with Crippen LogP contribution in [0.5, 0.6) is 0 Å². The third kappa shape index (κ3) is 5.61. The molecule has 0 aromatic carbocycles. The number of alkyl carbamates (subject to hydrolysis) is 1. The molecule has 0 bridgehead atoms. The number of halogens is 4. The second-order valence-electron chi connectivity index (χ2n) is 2.83. The van der Waals surface area contributed by atoms with Gasteiger partial charge < -0.3 is 14.9 Å². The second kappa shape index (κ2) is 6.33. The maximum absolute atomic E-state index is 10.9. The Hall–Kier alpha value is 0.350. The monoisotopic (exact) mass is 313 g/mol. The summed E-state index contributed by atoms with van der Waals surface area (Å²) >= 11 is 21.7. The van der Waals surface area contributed by atoms with Crippen molar-refractivity contribution >= 4 is 52.5 Å². The van der Waals surface area contributed by atoms with Gasteiger partial charge in [-0.3, -0.25) is 5.32 Å². The zero-order valence-corrected chi connectivity index (χ0v) is 11.2. The average Bonchev–Trinajstić information content (AvgIpc) is 1.99. The highest BCUT2D eigenvalue weighted by atomic mass is 35.5. The van der Waals surface area contributed by atoms with Gasteiger partial charge in [0.15, 0.2) is 4.33 Å². The van der Waals surface area contributed by atoms with Gasteiger partial charge in [0.2, 0.25) is 4.52 Å². The Morgan fingerprint density at radius 2 is 1.94 bits per heavy atom. The summed E-state index contributed by atoms with van der Waals surface area (Å²) in [6.45, 7) is 1.73. The van der Waals surface area contributed by atoms with Crippen molar-refractivity contribution in [1.82, 2.24) is 5.32 Å². The van der Waals surface area contributed by atoms with Gasteiger partial charge >= 0.3 is 6.09 Å². The molecule has 0 fully saturated rings. The van der Waals surface area contributed by atoms with Gasteiger partial charge in [-0.05, 0) is 6.92 Å². The molecule has 3 N–H and O–H groups in total. The quantitative estimate of drug-likeness (QED) is 0.533. The van der Waals surface area contributed by atoms with E-state index in [-0.39, 0.29) is 6.61 Å². The molecule has 0 saturated carbocycles. The summed E-state index contributed by atoms with van der Waals surface area (Å²) in [5.41, 5.74) is 0. The van der Waals surface area contributed by atoms with E-state index in [1.807, 2.05) is 5.32 Å². The third-order valence-electron chi connectivity index (χ3n) is 1.45. The summed E-state index contributed by atoms with van der Waals surface area (Å²) in [7, 11) is 0. The molecule has 5 nitrogen and oxygen atoms in total. The Balaban J connectivity index is 4.24. The highest BCUT2D eigenvalue weighted by Crippen LogP contribution is 2.43. The normalized spacial score (nSPS) is 14.4. The molecule has 0 radical (unpaired) electrons. The molecular formula is C7H11Cl4NO4. The first-order valence-electron chi connectivity index (χ1n) is 4.19. The second-order valence-corrected chi connectivity index (χ2v) is 5.60. The van der Waals surface area contributed by atoms with Crippen LogP contribution in [-0.4, -0.2) is 38.0 Å². The number of aliphatic hydroxyl groups excluding tert-OH is 1. The molecule has 0 rings (SSSR count). The van der Waals surface area contributed by atoms with E-state index in [1.54, 1.807) is 6.92 Å². The van der Waals surface area contributed by atoms with Crippen molar-refractivity contribution in [3.8, 4) is 0 Å². The van der Waals surface area contributed by atoms with Crippen molar-refractivity contribution in [3.05, 3.63) is 0 Å². The molecule has 0 saturated heterocycles. The molecule has 96 valence electrons. The molecule has 9 heteroatoms. The van der Waals surface area contributed by atoms with E-state index < -0.39 is 27.6 Å². The summed E-state index contributed by atoms with van der Waals surface area (Å²) < 4.78 is -0.0235. The van der Waals surface area contributed by atoms with Crippen LogP contribution in [0.2, 0.25) is 0 Å². The van der Waals surface area contributed by atoms with Crippen LogP contribution in [0.4, 0.5) is 4.79 Å². The Labute approximate surface area is 113 Å². The van der Waals surface area contributed by atoms with Crippen molar-refractivity contribution < 1.29 is 19.7 Å². The number of hydrogen-bond donors (Lipinski definition) is 3. The van der Waals surface area contributed by atoms with Gasteiger partial charge in [-0.1, -0.05) is 46.4 Å². The Morgan fingerprint density at radius 3 is 2.31 bits per heavy atom. The number of nitrogens with one attached hydrogen (secondary N) is 1. The number of amides is 1. The number of alkyl halides is 4. The standard InChI is InChI=1S/C7H11Cl4NO4/c1-2-16-5(14)12-4(13)3-6(8,9)7(10,11)15/h4,13,15H,2-3H2,1H3,(H,12,14). The minimum absolute atomic E-state index is 0.139. The average molecular weight is 315 g/mol. The largest absolute Gasteiger partial charge is 0.450 e. The van der Waals surface area contributed by atoms with Gasteiger partial charge in [-0.2, -0.15) is 0 Å². The molecule has 16 heavy (non-hydrogen) atoms. The zero-order valence-electron chi connectivity index (χ0n) is 8.21. The number of rotatable bonds is 5. The zero-order chi connectivity index (χ0) is 13.0. The molecule has 0 aromatic heterocycles. The van der Waals surface area contributed by atoms with Crippen molar-refractivity contribution in [2.45, 2.75) is 28.4 Å². The first kappa shape index (κ1) is 16.4. The van der Waals surface area contributed by atoms with Gasteiger partial charge in [0, 0.05) is 6.42 Å². The summed E-state index contributed by atoms with van der Waals surface area (Å²) in [4.78, 5) is 10.9. The Bertz CT molecular complexity index is 243. The molecule has 0 spiro atoms. The number of aliphatic hydroxyl groups is 2. The Morgan fingerprint density at radius 1 is 1.44 bits per heavy atom. The van der Waals surface area contributed by atoms with Gasteiger partial charge in [0.05, 0.1) is 6.61 Å². The van der Waals surface area contributed by atoms with Crippen LogP contribution in [0, 0.1) is 0 Å². The lowest BCUT2D eigenvalue weighted by atomic mass is 10.2. The van der Waals surface area contributed by atoms with E-state index in [4.69, 9.17) is 51.5 Å². The summed E-state index contributed by atoms with van der Waals surface area (Å²) in [6.07, 6.45) is -2.80. The molecule has 0 aliphatic rings. The predicted octanol–water partition coefficient (Wildman–Crippen LogP) is 1.74. The fourth-order valence-electron chi connectivity index (χ4n) is 0.725. The first-order chi connectivity index (χ1) is 7.10. The van der Waals surface area contributed by atoms with E-state index in [0.717, 1.165) is 0 Å². The summed E-state index contributed by atoms with van der Waals surface area (Å²) in [5.74, 6) is 0. The van der Waals surface area contributed by atoms with Crippen LogP contribution in [0.25, 0.3) is 0 Å². The third-order valence-corrected chi connectivity index (χ3v) is 3.34. The van der Waals surface area contributed by atoms with Crippen molar-refractivity contribution in [1.29, 1.82) is 0 Å². The van der Waals surface area contributed by atoms with Gasteiger partial charge in [-0.25, -0.2) is 4.79 Å². The fourth-order valence-corrected chi connectivity index (χ4v) is 1.17. The smallest absolute Gasteiger partial charge is 0.409 e. The molecule has 1 unspecified atom stereocenters. The minimum atomic E-state index is -2.46. The first-order valence-corrected chi connectivity index (χ1v) is 5.70. The van der Waals surface area contributed by atoms with Crippen molar-refractivity contribution in [2.75, 3.05) is 6.61 Å². The van der Waals surface area contributed by atoms with E-state index >= 15 is 0 Å². The van der Waals surface area contributed by atoms with Crippen LogP contribution < -0.4 is 5.32 Å². The molecule has 0 aliphatic carbocycles. The summed E-state index contributed by atoms with van der Waals surface area (Å²) in [5, 5.41) is 20.5. The molecule has 0 aliphatic heterocycles. The van der Waals surface area contributed by atoms with Crippen LogP contribution in [0.1, 0.15) is 13.3 Å². The van der Waals surface area contributed by atoms with E-state index in [9.17, 15) is 9.90 Å². The molecular weight excluding hydrogens is 304 g/mol. The maximum atomic E-state index is 10.9. The predicted molar refractivity (Wildman–Crippen MR) is 61.9 cm³/mol. The highest BCUT2D eigenvalue weighted by Gasteiger charge is 2.47. The van der Waals surface area contributed by atoms with Gasteiger partial charge in [-0.15, -0.1) is 0 Å². The van der Waals surface area contributed by atoms with Gasteiger partial charge in [0.1, 0.15) is 6.23 Å². The van der Waals surface area contributed by atoms with Crippen LogP contribution in [0.3, 0.4) is 0 Å². The fraction of sp³-hybridized carbons (Fsp3) is 0.857.